The Balaban J connectivity index is 2.06. The second-order valence-electron chi connectivity index (χ2n) is 5.98. The second-order valence-corrected chi connectivity index (χ2v) is 6.84. The predicted molar refractivity (Wildman–Crippen MR) is 76.7 cm³/mol. The van der Waals surface area contributed by atoms with Crippen molar-refractivity contribution in [3.05, 3.63) is 32.0 Å². The van der Waals surface area contributed by atoms with Gasteiger partial charge in [0.25, 0.3) is 5.56 Å². The molecule has 100 valence electrons. The monoisotopic (exact) mass is 275 g/mol. The van der Waals surface area contributed by atoms with E-state index in [1.54, 1.807) is 11.3 Å². The first-order valence-electron chi connectivity index (χ1n) is 6.53. The maximum absolute atomic E-state index is 12.0. The van der Waals surface area contributed by atoms with Gasteiger partial charge >= 0.3 is 0 Å². The van der Waals surface area contributed by atoms with E-state index < -0.39 is 0 Å². The van der Waals surface area contributed by atoms with Gasteiger partial charge < -0.3 is 4.98 Å². The molecular formula is C14H17N3OS. The number of hydrogen-bond donors (Lipinski definition) is 1. The average Bonchev–Trinajstić information content (AvgIpc) is 2.96. The highest BCUT2D eigenvalue weighted by molar-refractivity contribution is 7.10. The highest BCUT2D eigenvalue weighted by Gasteiger charge is 2.21. The molecule has 0 amide bonds. The highest BCUT2D eigenvalue weighted by atomic mass is 32.1. The van der Waals surface area contributed by atoms with Crippen LogP contribution in [0.2, 0.25) is 0 Å². The molecule has 0 atom stereocenters. The van der Waals surface area contributed by atoms with Crippen LogP contribution in [0.15, 0.2) is 10.2 Å². The molecule has 2 aromatic rings. The van der Waals surface area contributed by atoms with Gasteiger partial charge in [0.05, 0.1) is 10.7 Å². The fraction of sp³-hybridized carbons (Fsp3) is 0.500. The summed E-state index contributed by atoms with van der Waals surface area (Å²) in [6.07, 6.45) is 2.78. The number of thiazole rings is 1. The number of aryl methyl sites for hydroxylation is 1. The quantitative estimate of drug-likeness (QED) is 0.870. The van der Waals surface area contributed by atoms with Crippen LogP contribution in [-0.4, -0.2) is 15.0 Å². The van der Waals surface area contributed by atoms with Gasteiger partial charge in [0.2, 0.25) is 0 Å². The van der Waals surface area contributed by atoms with Crippen LogP contribution < -0.4 is 5.56 Å². The Morgan fingerprint density at radius 3 is 2.74 bits per heavy atom. The van der Waals surface area contributed by atoms with Gasteiger partial charge in [-0.3, -0.25) is 4.79 Å². The van der Waals surface area contributed by atoms with Gasteiger partial charge in [-0.1, -0.05) is 20.8 Å². The number of nitrogens with zero attached hydrogens (tertiary/aromatic N) is 2. The molecule has 0 unspecified atom stereocenters. The van der Waals surface area contributed by atoms with Crippen LogP contribution in [-0.2, 0) is 18.3 Å². The fourth-order valence-corrected chi connectivity index (χ4v) is 3.18. The number of aromatic amines is 1. The maximum Gasteiger partial charge on any atom is 0.254 e. The van der Waals surface area contributed by atoms with Crippen molar-refractivity contribution in [1.29, 1.82) is 0 Å². The molecule has 0 aromatic carbocycles. The largest absolute Gasteiger partial charge is 0.305 e. The first kappa shape index (κ1) is 12.5. The molecule has 2 aromatic heterocycles. The van der Waals surface area contributed by atoms with Crippen molar-refractivity contribution in [2.75, 3.05) is 0 Å². The number of H-pyrrole nitrogens is 1. The number of fused-ring (bicyclic) bond motifs is 1. The second kappa shape index (κ2) is 4.27. The lowest BCUT2D eigenvalue weighted by atomic mass is 9.98. The van der Waals surface area contributed by atoms with Crippen molar-refractivity contribution >= 4 is 11.3 Å². The summed E-state index contributed by atoms with van der Waals surface area (Å²) in [5.74, 6) is 0.609. The molecule has 1 aliphatic rings. The third-order valence-corrected chi connectivity index (χ3v) is 4.60. The molecule has 5 heteroatoms. The first-order chi connectivity index (χ1) is 8.95. The minimum atomic E-state index is 0.00260. The summed E-state index contributed by atoms with van der Waals surface area (Å²) in [6, 6.07) is 0. The topological polar surface area (TPSA) is 58.6 Å². The lowest BCUT2D eigenvalue weighted by Crippen LogP contribution is -2.15. The van der Waals surface area contributed by atoms with Gasteiger partial charge in [-0.25, -0.2) is 9.97 Å². The van der Waals surface area contributed by atoms with Gasteiger partial charge in [-0.15, -0.1) is 11.3 Å². The van der Waals surface area contributed by atoms with Crippen LogP contribution >= 0.6 is 11.3 Å². The van der Waals surface area contributed by atoms with Crippen LogP contribution in [0.4, 0.5) is 0 Å². The number of nitrogens with one attached hydrogen (secondary N) is 1. The van der Waals surface area contributed by atoms with E-state index in [2.05, 4.69) is 35.7 Å². The molecule has 1 N–H and O–H groups in total. The molecule has 0 radical (unpaired) electrons. The molecule has 0 fully saturated rings. The van der Waals surface area contributed by atoms with Crippen molar-refractivity contribution < 1.29 is 0 Å². The number of hydrogen-bond acceptors (Lipinski definition) is 4. The van der Waals surface area contributed by atoms with E-state index >= 15 is 0 Å². The molecule has 0 aliphatic heterocycles. The zero-order valence-electron chi connectivity index (χ0n) is 11.4. The van der Waals surface area contributed by atoms with Gasteiger partial charge in [0.15, 0.2) is 5.82 Å². The third kappa shape index (κ3) is 2.23. The maximum atomic E-state index is 12.0. The average molecular weight is 275 g/mol. The summed E-state index contributed by atoms with van der Waals surface area (Å²) in [5, 5.41) is 3.03. The Hall–Kier alpha value is -1.49. The lowest BCUT2D eigenvalue weighted by Gasteiger charge is -2.13. The van der Waals surface area contributed by atoms with Crippen LogP contribution in [0.25, 0.3) is 11.5 Å². The van der Waals surface area contributed by atoms with E-state index in [9.17, 15) is 4.79 Å². The smallest absolute Gasteiger partial charge is 0.254 e. The van der Waals surface area contributed by atoms with Crippen molar-refractivity contribution in [3.8, 4) is 11.5 Å². The molecule has 0 bridgehead atoms. The van der Waals surface area contributed by atoms with Crippen LogP contribution in [0.5, 0.6) is 0 Å². The Morgan fingerprint density at radius 1 is 1.26 bits per heavy atom. The van der Waals surface area contributed by atoms with E-state index in [0.717, 1.165) is 41.2 Å². The van der Waals surface area contributed by atoms with Crippen molar-refractivity contribution in [3.63, 3.8) is 0 Å². The summed E-state index contributed by atoms with van der Waals surface area (Å²) in [7, 11) is 0. The summed E-state index contributed by atoms with van der Waals surface area (Å²) in [6.45, 7) is 6.40. The molecule has 0 spiro atoms. The van der Waals surface area contributed by atoms with Crippen LogP contribution in [0, 0.1) is 0 Å². The predicted octanol–water partition coefficient (Wildman–Crippen LogP) is 2.68. The Morgan fingerprint density at radius 2 is 2.05 bits per heavy atom. The zero-order valence-corrected chi connectivity index (χ0v) is 12.2. The lowest BCUT2D eigenvalue weighted by molar-refractivity contribution is 0.586. The van der Waals surface area contributed by atoms with Gasteiger partial charge in [-0.05, 0) is 19.3 Å². The van der Waals surface area contributed by atoms with Crippen molar-refractivity contribution in [2.45, 2.75) is 45.4 Å². The Kier molecular flexibility index (Phi) is 2.82. The zero-order chi connectivity index (χ0) is 13.6. The normalized spacial score (nSPS) is 14.7. The van der Waals surface area contributed by atoms with E-state index in [0.29, 0.717) is 5.82 Å². The minimum absolute atomic E-state index is 0.00260. The van der Waals surface area contributed by atoms with E-state index in [1.165, 1.54) is 0 Å². The molecule has 19 heavy (non-hydrogen) atoms. The Bertz CT molecular complexity index is 679. The van der Waals surface area contributed by atoms with Crippen molar-refractivity contribution in [2.24, 2.45) is 0 Å². The number of rotatable bonds is 1. The molecule has 0 saturated carbocycles. The van der Waals surface area contributed by atoms with Gasteiger partial charge in [-0.2, -0.15) is 0 Å². The summed E-state index contributed by atoms with van der Waals surface area (Å²) in [4.78, 5) is 24.0. The standard InChI is InChI=1S/C14H17N3OS/c1-14(2,3)13-16-10(7-19-13)11-15-9-6-4-5-8(9)12(18)17-11/h7H,4-6H2,1-3H3,(H,15,17,18). The molecule has 2 heterocycles. The molecule has 0 saturated heterocycles. The first-order valence-corrected chi connectivity index (χ1v) is 7.41. The van der Waals surface area contributed by atoms with E-state index in [-0.39, 0.29) is 11.0 Å². The van der Waals surface area contributed by atoms with E-state index in [1.807, 2.05) is 5.38 Å². The fourth-order valence-electron chi connectivity index (χ4n) is 2.29. The molecule has 3 rings (SSSR count). The minimum Gasteiger partial charge on any atom is -0.305 e. The summed E-state index contributed by atoms with van der Waals surface area (Å²) < 4.78 is 0. The molecule has 4 nitrogen and oxygen atoms in total. The number of aromatic nitrogens is 3. The van der Waals surface area contributed by atoms with Gasteiger partial charge in [0, 0.05) is 16.4 Å². The SMILES string of the molecule is CC(C)(C)c1nc(-c2nc3c(c(=O)[nH]2)CCC3)cs1. The van der Waals surface area contributed by atoms with Crippen LogP contribution in [0.3, 0.4) is 0 Å². The van der Waals surface area contributed by atoms with Crippen LogP contribution in [0.1, 0.15) is 43.5 Å². The molecule has 1 aliphatic carbocycles. The highest BCUT2D eigenvalue weighted by Crippen LogP contribution is 2.29. The molecular weight excluding hydrogens is 258 g/mol. The van der Waals surface area contributed by atoms with Gasteiger partial charge in [0.1, 0.15) is 5.69 Å². The van der Waals surface area contributed by atoms with E-state index in [4.69, 9.17) is 0 Å². The van der Waals surface area contributed by atoms with Crippen molar-refractivity contribution in [1.82, 2.24) is 15.0 Å². The Labute approximate surface area is 115 Å². The summed E-state index contributed by atoms with van der Waals surface area (Å²) >= 11 is 1.62. The third-order valence-electron chi connectivity index (χ3n) is 3.33. The summed E-state index contributed by atoms with van der Waals surface area (Å²) in [5.41, 5.74) is 2.61.